The molecule has 1 heterocycles. The lowest BCUT2D eigenvalue weighted by atomic mass is 10.0. The molecule has 0 radical (unpaired) electrons. The Morgan fingerprint density at radius 1 is 0.786 bits per heavy atom. The van der Waals surface area contributed by atoms with Crippen LogP contribution in [-0.4, -0.2) is 40.4 Å². The molecule has 42 heavy (non-hydrogen) atoms. The molecule has 0 unspecified atom stereocenters. The average molecular weight is 562 g/mol. The van der Waals surface area contributed by atoms with E-state index in [9.17, 15) is 14.7 Å². The highest BCUT2D eigenvalue weighted by molar-refractivity contribution is 5.99. The number of Topliss-reactive ketones (excluding diaryl/α,β-unsaturated/α-hetero) is 1. The minimum absolute atomic E-state index is 0.0149. The second-order valence-electron chi connectivity index (χ2n) is 10.5. The van der Waals surface area contributed by atoms with Gasteiger partial charge in [0, 0.05) is 36.8 Å². The summed E-state index contributed by atoms with van der Waals surface area (Å²) in [5.41, 5.74) is 15.4. The number of phenolic OH excluding ortho intramolecular Hbond substituents is 1. The number of rotatable bonds is 12. The summed E-state index contributed by atoms with van der Waals surface area (Å²) in [5, 5.41) is 15.7. The van der Waals surface area contributed by atoms with E-state index >= 15 is 0 Å². The van der Waals surface area contributed by atoms with Crippen LogP contribution in [0.3, 0.4) is 0 Å². The van der Waals surface area contributed by atoms with Gasteiger partial charge in [-0.15, -0.1) is 0 Å². The molecule has 8 nitrogen and oxygen atoms in total. The Hall–Kier alpha value is -5.11. The van der Waals surface area contributed by atoms with Crippen molar-refractivity contribution in [3.63, 3.8) is 0 Å². The Bertz CT molecular complexity index is 1750. The molecule has 5 rings (SSSR count). The van der Waals surface area contributed by atoms with Crippen LogP contribution >= 0.6 is 0 Å². The number of phenols is 1. The van der Waals surface area contributed by atoms with Crippen molar-refractivity contribution in [3.8, 4) is 5.75 Å². The van der Waals surface area contributed by atoms with Gasteiger partial charge in [0.25, 0.3) is 5.91 Å². The number of nitrogens with one attached hydrogen (secondary N) is 1. The molecule has 5 aromatic rings. The van der Waals surface area contributed by atoms with Crippen LogP contribution in [0.4, 0.5) is 0 Å². The molecule has 0 fully saturated rings. The van der Waals surface area contributed by atoms with E-state index in [1.165, 1.54) is 16.3 Å². The average Bonchev–Trinajstić information content (AvgIpc) is 3.35. The van der Waals surface area contributed by atoms with E-state index in [0.29, 0.717) is 44.6 Å². The zero-order chi connectivity index (χ0) is 29.5. The predicted molar refractivity (Wildman–Crippen MR) is 168 cm³/mol. The number of carbonyl (C=O) groups excluding carboxylic acids is 2. The number of nitrogens with two attached hydrogens (primary N) is 2. The number of ketones is 1. The van der Waals surface area contributed by atoms with Gasteiger partial charge in [0.05, 0.1) is 6.54 Å². The van der Waals surface area contributed by atoms with Gasteiger partial charge in [0.2, 0.25) is 0 Å². The molecule has 0 bridgehead atoms. The summed E-state index contributed by atoms with van der Waals surface area (Å²) in [6.07, 6.45) is 2.10. The fourth-order valence-electron chi connectivity index (χ4n) is 5.20. The standard InChI is InChI=1S/C34H35N5O3/c35-34(36)38-17-16-37-33(42)32-22-28-20-25(21-30(41)13-8-23-6-11-29(40)12-7-23)9-14-31(28)39(32)18-15-24-5-10-26-3-1-2-4-27(26)19-24/h1-7,9-12,14,19-20,22,40H,8,13,15-18,21H2,(H,37,42)(H4,35,36,38). The van der Waals surface area contributed by atoms with Crippen molar-refractivity contribution < 1.29 is 14.7 Å². The number of amides is 1. The normalized spacial score (nSPS) is 11.0. The summed E-state index contributed by atoms with van der Waals surface area (Å²) in [6.45, 7) is 1.22. The molecule has 0 saturated heterocycles. The van der Waals surface area contributed by atoms with Crippen molar-refractivity contribution in [1.29, 1.82) is 0 Å². The number of fused-ring (bicyclic) bond motifs is 2. The van der Waals surface area contributed by atoms with Gasteiger partial charge in [-0.1, -0.05) is 60.7 Å². The molecule has 1 aromatic heterocycles. The van der Waals surface area contributed by atoms with Gasteiger partial charge in [-0.05, 0) is 70.6 Å². The van der Waals surface area contributed by atoms with Gasteiger partial charge in [0.1, 0.15) is 17.2 Å². The first kappa shape index (κ1) is 28.4. The van der Waals surface area contributed by atoms with Crippen LogP contribution in [0.2, 0.25) is 0 Å². The molecule has 0 spiro atoms. The van der Waals surface area contributed by atoms with Gasteiger partial charge >= 0.3 is 0 Å². The SMILES string of the molecule is NC(N)=NCCNC(=O)c1cc2cc(CC(=O)CCc3ccc(O)cc3)ccc2n1CCc1ccc2ccccc2c1. The third-order valence-corrected chi connectivity index (χ3v) is 7.36. The zero-order valence-corrected chi connectivity index (χ0v) is 23.4. The first-order valence-corrected chi connectivity index (χ1v) is 14.1. The predicted octanol–water partition coefficient (Wildman–Crippen LogP) is 4.49. The largest absolute Gasteiger partial charge is 0.508 e. The van der Waals surface area contributed by atoms with Crippen LogP contribution < -0.4 is 16.8 Å². The fraction of sp³-hybridized carbons (Fsp3) is 0.206. The van der Waals surface area contributed by atoms with Crippen LogP contribution in [0.25, 0.3) is 21.7 Å². The van der Waals surface area contributed by atoms with Crippen molar-refractivity contribution in [2.75, 3.05) is 13.1 Å². The number of aromatic hydroxyl groups is 1. The monoisotopic (exact) mass is 561 g/mol. The topological polar surface area (TPSA) is 136 Å². The van der Waals surface area contributed by atoms with Gasteiger partial charge in [0.15, 0.2) is 5.96 Å². The van der Waals surface area contributed by atoms with Crippen molar-refractivity contribution in [2.24, 2.45) is 16.5 Å². The maximum atomic E-state index is 13.3. The third kappa shape index (κ3) is 7.14. The molecule has 214 valence electrons. The number of aliphatic imine (C=N–C) groups is 1. The van der Waals surface area contributed by atoms with Gasteiger partial charge < -0.3 is 26.5 Å². The summed E-state index contributed by atoms with van der Waals surface area (Å²) < 4.78 is 2.04. The quantitative estimate of drug-likeness (QED) is 0.101. The van der Waals surface area contributed by atoms with Crippen LogP contribution in [0.5, 0.6) is 5.75 Å². The molecule has 0 saturated carbocycles. The molecule has 4 aromatic carbocycles. The second kappa shape index (κ2) is 13.0. The van der Waals surface area contributed by atoms with Gasteiger partial charge in [-0.25, -0.2) is 0 Å². The zero-order valence-electron chi connectivity index (χ0n) is 23.4. The lowest BCUT2D eigenvalue weighted by Gasteiger charge is -2.12. The van der Waals surface area contributed by atoms with Crippen molar-refractivity contribution in [2.45, 2.75) is 32.2 Å². The summed E-state index contributed by atoms with van der Waals surface area (Å²) in [4.78, 5) is 30.0. The van der Waals surface area contributed by atoms with Crippen LogP contribution in [0.1, 0.15) is 33.6 Å². The Morgan fingerprint density at radius 3 is 2.29 bits per heavy atom. The molecular weight excluding hydrogens is 526 g/mol. The molecule has 0 aliphatic carbocycles. The molecule has 8 heteroatoms. The fourth-order valence-corrected chi connectivity index (χ4v) is 5.20. The minimum Gasteiger partial charge on any atom is -0.508 e. The van der Waals surface area contributed by atoms with Gasteiger partial charge in [-0.3, -0.25) is 14.6 Å². The number of hydrogen-bond acceptors (Lipinski definition) is 4. The van der Waals surface area contributed by atoms with E-state index in [1.54, 1.807) is 12.1 Å². The van der Waals surface area contributed by atoms with Crippen LogP contribution in [0, 0.1) is 0 Å². The number of aryl methyl sites for hydroxylation is 3. The molecular formula is C34H35N5O3. The highest BCUT2D eigenvalue weighted by atomic mass is 16.3. The Kier molecular flexibility index (Phi) is 8.82. The smallest absolute Gasteiger partial charge is 0.268 e. The lowest BCUT2D eigenvalue weighted by molar-refractivity contribution is -0.118. The van der Waals surface area contributed by atoms with E-state index in [-0.39, 0.29) is 23.4 Å². The maximum Gasteiger partial charge on any atom is 0.268 e. The van der Waals surface area contributed by atoms with E-state index in [4.69, 9.17) is 11.5 Å². The summed E-state index contributed by atoms with van der Waals surface area (Å²) in [5.74, 6) is 0.126. The number of nitrogens with zero attached hydrogens (tertiary/aromatic N) is 2. The summed E-state index contributed by atoms with van der Waals surface area (Å²) >= 11 is 0. The van der Waals surface area contributed by atoms with Crippen LogP contribution in [-0.2, 0) is 30.6 Å². The van der Waals surface area contributed by atoms with E-state index < -0.39 is 0 Å². The highest BCUT2D eigenvalue weighted by Gasteiger charge is 2.17. The van der Waals surface area contributed by atoms with E-state index in [1.807, 2.05) is 53.1 Å². The number of aromatic nitrogens is 1. The molecule has 1 amide bonds. The Labute approximate surface area is 244 Å². The summed E-state index contributed by atoms with van der Waals surface area (Å²) in [6, 6.07) is 29.5. The van der Waals surface area contributed by atoms with Crippen molar-refractivity contribution >= 4 is 39.3 Å². The second-order valence-corrected chi connectivity index (χ2v) is 10.5. The maximum absolute atomic E-state index is 13.3. The lowest BCUT2D eigenvalue weighted by Crippen LogP contribution is -2.30. The van der Waals surface area contributed by atoms with Gasteiger partial charge in [-0.2, -0.15) is 0 Å². The van der Waals surface area contributed by atoms with Crippen molar-refractivity contribution in [3.05, 3.63) is 113 Å². The van der Waals surface area contributed by atoms with Crippen LogP contribution in [0.15, 0.2) is 96.0 Å². The minimum atomic E-state index is -0.206. The Balaban J connectivity index is 1.34. The molecule has 0 aliphatic heterocycles. The Morgan fingerprint density at radius 2 is 1.50 bits per heavy atom. The third-order valence-electron chi connectivity index (χ3n) is 7.36. The first-order chi connectivity index (χ1) is 20.4. The van der Waals surface area contributed by atoms with E-state index in [0.717, 1.165) is 28.5 Å². The van der Waals surface area contributed by atoms with Crippen molar-refractivity contribution in [1.82, 2.24) is 9.88 Å². The number of hydrogen-bond donors (Lipinski definition) is 4. The van der Waals surface area contributed by atoms with E-state index in [2.05, 4.69) is 40.6 Å². The number of benzene rings is 4. The summed E-state index contributed by atoms with van der Waals surface area (Å²) in [7, 11) is 0. The molecule has 0 aliphatic rings. The molecule has 6 N–H and O–H groups in total. The number of guanidine groups is 1. The first-order valence-electron chi connectivity index (χ1n) is 14.1. The highest BCUT2D eigenvalue weighted by Crippen LogP contribution is 2.24. The molecule has 0 atom stereocenters. The number of carbonyl (C=O) groups is 2.